The first-order valence-electron chi connectivity index (χ1n) is 5.69. The molecule has 2 N–H and O–H groups in total. The summed E-state index contributed by atoms with van der Waals surface area (Å²) >= 11 is 1.48. The Hall–Kier alpha value is -2.08. The van der Waals surface area contributed by atoms with Crippen LogP contribution in [0.4, 0.5) is 5.13 Å². The van der Waals surface area contributed by atoms with Crippen LogP contribution in [0.15, 0.2) is 22.6 Å². The summed E-state index contributed by atoms with van der Waals surface area (Å²) in [6.07, 6.45) is 1.54. The summed E-state index contributed by atoms with van der Waals surface area (Å²) in [6, 6.07) is 3.49. The van der Waals surface area contributed by atoms with Crippen LogP contribution in [0.25, 0.3) is 0 Å². The van der Waals surface area contributed by atoms with E-state index in [-0.39, 0.29) is 5.75 Å². The van der Waals surface area contributed by atoms with E-state index in [1.54, 1.807) is 25.5 Å². The van der Waals surface area contributed by atoms with Crippen LogP contribution in [0, 0.1) is 13.8 Å². The van der Waals surface area contributed by atoms with Gasteiger partial charge in [0.1, 0.15) is 11.5 Å². The summed E-state index contributed by atoms with van der Waals surface area (Å²) in [5.74, 6) is 0.878. The van der Waals surface area contributed by atoms with Gasteiger partial charge in [0.25, 0.3) is 0 Å². The van der Waals surface area contributed by atoms with E-state index >= 15 is 0 Å². The Morgan fingerprint density at radius 1 is 1.42 bits per heavy atom. The lowest BCUT2D eigenvalue weighted by Crippen LogP contribution is -1.93. The van der Waals surface area contributed by atoms with Crippen LogP contribution < -0.4 is 10.2 Å². The van der Waals surface area contributed by atoms with Crippen molar-refractivity contribution in [1.29, 1.82) is 0 Å². The second-order valence-corrected chi connectivity index (χ2v) is 4.90. The fraction of sp³-hybridized carbons (Fsp3) is 0.231. The molecule has 19 heavy (non-hydrogen) atoms. The summed E-state index contributed by atoms with van der Waals surface area (Å²) in [6.45, 7) is 3.73. The Labute approximate surface area is 115 Å². The third-order valence-corrected chi connectivity index (χ3v) is 3.39. The molecule has 0 radical (unpaired) electrons. The van der Waals surface area contributed by atoms with Crippen molar-refractivity contribution in [2.45, 2.75) is 13.8 Å². The summed E-state index contributed by atoms with van der Waals surface area (Å²) in [5, 5.41) is 16.6. The van der Waals surface area contributed by atoms with Gasteiger partial charge in [-0.3, -0.25) is 5.43 Å². The second-order valence-electron chi connectivity index (χ2n) is 4.05. The van der Waals surface area contributed by atoms with Crippen molar-refractivity contribution in [3.05, 3.63) is 34.3 Å². The molecule has 1 aromatic carbocycles. The van der Waals surface area contributed by atoms with Crippen LogP contribution in [0.3, 0.4) is 0 Å². The van der Waals surface area contributed by atoms with Gasteiger partial charge in [-0.2, -0.15) is 5.10 Å². The van der Waals surface area contributed by atoms with Crippen LogP contribution in [-0.4, -0.2) is 23.4 Å². The predicted octanol–water partition coefficient (Wildman–Crippen LogP) is 2.92. The summed E-state index contributed by atoms with van der Waals surface area (Å²) in [4.78, 5) is 4.22. The minimum absolute atomic E-state index is 0.196. The van der Waals surface area contributed by atoms with Gasteiger partial charge in [0.15, 0.2) is 0 Å². The average Bonchev–Trinajstić information content (AvgIpc) is 2.80. The van der Waals surface area contributed by atoms with E-state index in [4.69, 9.17) is 4.74 Å². The number of phenolic OH excluding ortho intramolecular Hbond substituents is 1. The number of methoxy groups -OCH3 is 1. The molecule has 0 aliphatic heterocycles. The minimum Gasteiger partial charge on any atom is -0.507 e. The van der Waals surface area contributed by atoms with E-state index in [0.717, 1.165) is 11.3 Å². The smallest absolute Gasteiger partial charge is 0.203 e. The molecule has 0 aliphatic rings. The molecule has 100 valence electrons. The molecule has 5 nitrogen and oxygen atoms in total. The normalized spacial score (nSPS) is 10.9. The van der Waals surface area contributed by atoms with E-state index in [1.165, 1.54) is 11.3 Å². The molecule has 0 aliphatic carbocycles. The fourth-order valence-corrected chi connectivity index (χ4v) is 2.19. The zero-order chi connectivity index (χ0) is 13.8. The highest BCUT2D eigenvalue weighted by Gasteiger charge is 2.05. The highest BCUT2D eigenvalue weighted by Crippen LogP contribution is 2.26. The van der Waals surface area contributed by atoms with Gasteiger partial charge in [-0.1, -0.05) is 0 Å². The minimum atomic E-state index is 0.196. The lowest BCUT2D eigenvalue weighted by molar-refractivity contribution is 0.411. The standard InChI is InChI=1S/C13H15N3O2S/c1-8-4-11(18-3)5-10(12(8)17)6-14-16-13-15-9(2)7-19-13/h4-7,17H,1-3H3,(H,15,16). The van der Waals surface area contributed by atoms with E-state index in [9.17, 15) is 5.11 Å². The zero-order valence-corrected chi connectivity index (χ0v) is 11.8. The number of aryl methyl sites for hydroxylation is 2. The molecule has 2 rings (SSSR count). The molecule has 0 unspecified atom stereocenters. The number of ether oxygens (including phenoxy) is 1. The van der Waals surface area contributed by atoms with Crippen LogP contribution in [0.5, 0.6) is 11.5 Å². The number of benzene rings is 1. The van der Waals surface area contributed by atoms with Crippen LogP contribution in [-0.2, 0) is 0 Å². The van der Waals surface area contributed by atoms with Gasteiger partial charge in [0.05, 0.1) is 19.0 Å². The molecular formula is C13H15N3O2S. The van der Waals surface area contributed by atoms with Crippen molar-refractivity contribution in [2.24, 2.45) is 5.10 Å². The second kappa shape index (κ2) is 5.71. The SMILES string of the molecule is COc1cc(C)c(O)c(C=NNc2nc(C)cs2)c1. The summed E-state index contributed by atoms with van der Waals surface area (Å²) in [5.41, 5.74) is 5.11. The summed E-state index contributed by atoms with van der Waals surface area (Å²) < 4.78 is 5.16. The number of rotatable bonds is 4. The molecule has 1 aromatic heterocycles. The van der Waals surface area contributed by atoms with Crippen LogP contribution >= 0.6 is 11.3 Å². The van der Waals surface area contributed by atoms with E-state index in [1.807, 2.05) is 19.2 Å². The highest BCUT2D eigenvalue weighted by atomic mass is 32.1. The first kappa shape index (κ1) is 13.4. The topological polar surface area (TPSA) is 66.7 Å². The molecular weight excluding hydrogens is 262 g/mol. The van der Waals surface area contributed by atoms with E-state index in [2.05, 4.69) is 15.5 Å². The maximum absolute atomic E-state index is 9.93. The maximum atomic E-state index is 9.93. The van der Waals surface area contributed by atoms with Crippen molar-refractivity contribution in [3.8, 4) is 11.5 Å². The molecule has 6 heteroatoms. The van der Waals surface area contributed by atoms with Gasteiger partial charge in [0, 0.05) is 10.9 Å². The Morgan fingerprint density at radius 3 is 2.84 bits per heavy atom. The molecule has 0 fully saturated rings. The predicted molar refractivity (Wildman–Crippen MR) is 77.5 cm³/mol. The third kappa shape index (κ3) is 3.23. The number of anilines is 1. The molecule has 0 atom stereocenters. The molecule has 1 heterocycles. The summed E-state index contributed by atoms with van der Waals surface area (Å²) in [7, 11) is 1.59. The Bertz CT molecular complexity index is 608. The molecule has 0 amide bonds. The van der Waals surface area contributed by atoms with Gasteiger partial charge >= 0.3 is 0 Å². The fourth-order valence-electron chi connectivity index (χ4n) is 1.55. The Morgan fingerprint density at radius 2 is 2.21 bits per heavy atom. The number of aromatic nitrogens is 1. The van der Waals surface area contributed by atoms with Gasteiger partial charge < -0.3 is 9.84 Å². The molecule has 0 bridgehead atoms. The van der Waals surface area contributed by atoms with Crippen molar-refractivity contribution in [1.82, 2.24) is 4.98 Å². The van der Waals surface area contributed by atoms with Crippen molar-refractivity contribution in [2.75, 3.05) is 12.5 Å². The quantitative estimate of drug-likeness (QED) is 0.666. The number of nitrogens with one attached hydrogen (secondary N) is 1. The monoisotopic (exact) mass is 277 g/mol. The zero-order valence-electron chi connectivity index (χ0n) is 11.0. The number of hydrogen-bond acceptors (Lipinski definition) is 6. The van der Waals surface area contributed by atoms with E-state index in [0.29, 0.717) is 16.4 Å². The first-order valence-corrected chi connectivity index (χ1v) is 6.57. The van der Waals surface area contributed by atoms with Crippen LogP contribution in [0.2, 0.25) is 0 Å². The van der Waals surface area contributed by atoms with Crippen molar-refractivity contribution in [3.63, 3.8) is 0 Å². The first-order chi connectivity index (χ1) is 9.10. The highest BCUT2D eigenvalue weighted by molar-refractivity contribution is 7.13. The molecule has 2 aromatic rings. The van der Waals surface area contributed by atoms with E-state index < -0.39 is 0 Å². The lowest BCUT2D eigenvalue weighted by atomic mass is 10.1. The van der Waals surface area contributed by atoms with Crippen LogP contribution in [0.1, 0.15) is 16.8 Å². The third-order valence-electron chi connectivity index (χ3n) is 2.52. The van der Waals surface area contributed by atoms with Crippen molar-refractivity contribution < 1.29 is 9.84 Å². The van der Waals surface area contributed by atoms with Crippen molar-refractivity contribution >= 4 is 22.7 Å². The number of hydrazone groups is 1. The average molecular weight is 277 g/mol. The Balaban J connectivity index is 2.16. The number of aromatic hydroxyl groups is 1. The maximum Gasteiger partial charge on any atom is 0.203 e. The van der Waals surface area contributed by atoms with Gasteiger partial charge in [-0.05, 0) is 31.5 Å². The molecule has 0 saturated heterocycles. The number of thiazole rings is 1. The number of phenols is 1. The van der Waals surface area contributed by atoms with Gasteiger partial charge in [0.2, 0.25) is 5.13 Å². The largest absolute Gasteiger partial charge is 0.507 e. The Kier molecular flexibility index (Phi) is 4.01. The number of hydrogen-bond donors (Lipinski definition) is 2. The molecule has 0 saturated carbocycles. The lowest BCUT2D eigenvalue weighted by Gasteiger charge is -2.06. The molecule has 0 spiro atoms. The number of nitrogens with zero attached hydrogens (tertiary/aromatic N) is 2. The van der Waals surface area contributed by atoms with Gasteiger partial charge in [-0.15, -0.1) is 11.3 Å². The van der Waals surface area contributed by atoms with Gasteiger partial charge in [-0.25, -0.2) is 4.98 Å².